The highest BCUT2D eigenvalue weighted by Gasteiger charge is 2.55. The van der Waals surface area contributed by atoms with Crippen molar-refractivity contribution >= 4 is 22.9 Å². The zero-order valence-electron chi connectivity index (χ0n) is 13.4. The van der Waals surface area contributed by atoms with Crippen LogP contribution >= 0.6 is 12.2 Å². The van der Waals surface area contributed by atoms with Crippen LogP contribution in [0, 0.1) is 16.2 Å². The second-order valence-electron chi connectivity index (χ2n) is 8.37. The number of hydrogen-bond acceptors (Lipinski definition) is 2. The molecule has 0 spiro atoms. The van der Waals surface area contributed by atoms with Crippen LogP contribution in [0.25, 0.3) is 0 Å². The van der Waals surface area contributed by atoms with Gasteiger partial charge in [0.1, 0.15) is 10.7 Å². The van der Waals surface area contributed by atoms with Gasteiger partial charge in [-0.1, -0.05) is 74.5 Å². The Morgan fingerprint density at radius 3 is 1.44 bits per heavy atom. The highest BCUT2D eigenvalue weighted by molar-refractivity contribution is 7.82. The van der Waals surface area contributed by atoms with Gasteiger partial charge in [-0.2, -0.15) is 0 Å². The topological polar surface area (TPSA) is 24.4 Å². The van der Waals surface area contributed by atoms with Crippen LogP contribution in [0.3, 0.4) is 0 Å². The van der Waals surface area contributed by atoms with E-state index in [1.807, 2.05) is 0 Å². The van der Waals surface area contributed by atoms with Crippen LogP contribution in [0.2, 0.25) is 0 Å². The quantitative estimate of drug-likeness (QED) is 0.666. The summed E-state index contributed by atoms with van der Waals surface area (Å²) in [5, 5.41) is 3.53. The Balaban J connectivity index is 3.45. The summed E-state index contributed by atoms with van der Waals surface area (Å²) in [6, 6.07) is 0. The third-order valence-corrected chi connectivity index (χ3v) is 3.97. The van der Waals surface area contributed by atoms with Crippen molar-refractivity contribution in [2.45, 2.75) is 68.0 Å². The molecule has 0 aromatic rings. The Bertz CT molecular complexity index is 372. The van der Waals surface area contributed by atoms with Gasteiger partial charge in [0.15, 0.2) is 0 Å². The van der Waals surface area contributed by atoms with Gasteiger partial charge < -0.3 is 5.32 Å². The molecule has 1 aliphatic heterocycles. The summed E-state index contributed by atoms with van der Waals surface area (Å²) in [5.74, 6) is 0. The van der Waals surface area contributed by atoms with Crippen LogP contribution < -0.4 is 5.32 Å². The van der Waals surface area contributed by atoms with Gasteiger partial charge in [0.2, 0.25) is 0 Å². The molecule has 0 bridgehead atoms. The zero-order chi connectivity index (χ0) is 14.6. The van der Waals surface area contributed by atoms with Crippen molar-refractivity contribution in [3.8, 4) is 0 Å². The van der Waals surface area contributed by atoms with Gasteiger partial charge >= 0.3 is 0 Å². The van der Waals surface area contributed by atoms with E-state index in [9.17, 15) is 0 Å². The molecule has 18 heavy (non-hydrogen) atoms. The molecule has 2 nitrogen and oxygen atoms in total. The number of aliphatic imine (C=N–C) groups is 1. The lowest BCUT2D eigenvalue weighted by Gasteiger charge is -2.48. The van der Waals surface area contributed by atoms with E-state index in [0.717, 1.165) is 10.7 Å². The molecule has 1 heterocycles. The summed E-state index contributed by atoms with van der Waals surface area (Å²) in [4.78, 5) is 5.89. The largest absolute Gasteiger partial charge is 0.350 e. The Hall–Kier alpha value is -0.440. The van der Waals surface area contributed by atoms with Crippen LogP contribution in [-0.2, 0) is 0 Å². The molecule has 104 valence electrons. The second-order valence-corrected chi connectivity index (χ2v) is 8.78. The van der Waals surface area contributed by atoms with Gasteiger partial charge in [-0.3, -0.25) is 4.99 Å². The van der Waals surface area contributed by atoms with Gasteiger partial charge in [-0.05, 0) is 0 Å². The van der Waals surface area contributed by atoms with Crippen molar-refractivity contribution in [2.75, 3.05) is 0 Å². The van der Waals surface area contributed by atoms with Gasteiger partial charge in [-0.25, -0.2) is 0 Å². The smallest absolute Gasteiger partial charge is 0.140 e. The molecular formula is C15H28N2S. The first kappa shape index (κ1) is 15.6. The maximum absolute atomic E-state index is 5.53. The van der Waals surface area contributed by atoms with Crippen molar-refractivity contribution in [1.82, 2.24) is 5.32 Å². The highest BCUT2D eigenvalue weighted by Crippen LogP contribution is 2.48. The maximum atomic E-state index is 5.53. The fraction of sp³-hybridized carbons (Fsp3) is 0.867. The van der Waals surface area contributed by atoms with Crippen molar-refractivity contribution in [3.05, 3.63) is 0 Å². The van der Waals surface area contributed by atoms with Crippen LogP contribution in [0.1, 0.15) is 62.3 Å². The minimum Gasteiger partial charge on any atom is -0.350 e. The predicted octanol–water partition coefficient (Wildman–Crippen LogP) is 4.19. The van der Waals surface area contributed by atoms with E-state index in [4.69, 9.17) is 17.2 Å². The van der Waals surface area contributed by atoms with Crippen LogP contribution in [0.4, 0.5) is 0 Å². The van der Waals surface area contributed by atoms with Gasteiger partial charge in [0.25, 0.3) is 0 Å². The Morgan fingerprint density at radius 2 is 1.28 bits per heavy atom. The van der Waals surface area contributed by atoms with E-state index < -0.39 is 0 Å². The Morgan fingerprint density at radius 1 is 0.889 bits per heavy atom. The van der Waals surface area contributed by atoms with E-state index in [-0.39, 0.29) is 21.9 Å². The molecule has 0 atom stereocenters. The highest BCUT2D eigenvalue weighted by atomic mass is 32.1. The lowest BCUT2D eigenvalue weighted by atomic mass is 9.66. The van der Waals surface area contributed by atoms with Crippen LogP contribution in [0.5, 0.6) is 0 Å². The fourth-order valence-electron chi connectivity index (χ4n) is 2.81. The third-order valence-electron chi connectivity index (χ3n) is 3.67. The normalized spacial score (nSPS) is 20.7. The Labute approximate surface area is 118 Å². The molecule has 3 heteroatoms. The molecule has 0 unspecified atom stereocenters. The number of hydrogen-bond donors (Lipinski definition) is 1. The van der Waals surface area contributed by atoms with Crippen LogP contribution in [0.15, 0.2) is 4.99 Å². The monoisotopic (exact) mass is 268 g/mol. The second kappa shape index (κ2) is 4.03. The first-order valence-electron chi connectivity index (χ1n) is 6.65. The molecule has 1 aliphatic rings. The average Bonchev–Trinajstić information content (AvgIpc) is 2.40. The maximum Gasteiger partial charge on any atom is 0.140 e. The molecule has 1 rings (SSSR count). The summed E-state index contributed by atoms with van der Waals surface area (Å²) >= 11 is 5.53. The lowest BCUT2D eigenvalue weighted by molar-refractivity contribution is 0.0530. The van der Waals surface area contributed by atoms with Crippen molar-refractivity contribution < 1.29 is 0 Å². The van der Waals surface area contributed by atoms with Gasteiger partial charge in [-0.15, -0.1) is 0 Å². The van der Waals surface area contributed by atoms with E-state index >= 15 is 0 Å². The summed E-state index contributed by atoms with van der Waals surface area (Å²) in [5.41, 5.74) is 0.689. The molecule has 1 N–H and O–H groups in total. The number of rotatable bonds is 0. The van der Waals surface area contributed by atoms with Crippen LogP contribution in [-0.4, -0.2) is 16.4 Å². The lowest BCUT2D eigenvalue weighted by Crippen LogP contribution is -2.60. The van der Waals surface area contributed by atoms with E-state index in [2.05, 4.69) is 67.6 Å². The number of nitrogens with zero attached hydrogens (tertiary/aromatic N) is 1. The van der Waals surface area contributed by atoms with Gasteiger partial charge in [0, 0.05) is 16.2 Å². The number of nitrogens with one attached hydrogen (secondary N) is 1. The number of thiocarbonyl (C=S) groups is 1. The molecule has 0 aliphatic carbocycles. The third kappa shape index (κ3) is 2.34. The molecule has 0 saturated heterocycles. The molecule has 0 radical (unpaired) electrons. The van der Waals surface area contributed by atoms with E-state index in [1.165, 1.54) is 0 Å². The van der Waals surface area contributed by atoms with Gasteiger partial charge in [0.05, 0.1) is 5.71 Å². The summed E-state index contributed by atoms with van der Waals surface area (Å²) < 4.78 is 0. The van der Waals surface area contributed by atoms with E-state index in [0.29, 0.717) is 0 Å². The van der Waals surface area contributed by atoms with Crippen molar-refractivity contribution in [1.29, 1.82) is 0 Å². The van der Waals surface area contributed by atoms with Crippen molar-refractivity contribution in [2.24, 2.45) is 21.2 Å². The molecule has 0 aromatic heterocycles. The van der Waals surface area contributed by atoms with Crippen molar-refractivity contribution in [3.63, 3.8) is 0 Å². The summed E-state index contributed by atoms with van der Waals surface area (Å²) in [6.45, 7) is 19.9. The predicted molar refractivity (Wildman–Crippen MR) is 84.3 cm³/mol. The molecule has 0 aromatic carbocycles. The fourth-order valence-corrected chi connectivity index (χ4v) is 3.31. The standard InChI is InChI=1S/C15H28N2S/c1-12(2,3)10-11(18)17-15(16-10,13(4,5)6)14(7,8)9/h1-9H3,(H,17,18). The average molecular weight is 268 g/mol. The van der Waals surface area contributed by atoms with E-state index in [1.54, 1.807) is 0 Å². The first-order valence-corrected chi connectivity index (χ1v) is 7.06. The summed E-state index contributed by atoms with van der Waals surface area (Å²) in [7, 11) is 0. The zero-order valence-corrected chi connectivity index (χ0v) is 14.2. The molecule has 0 amide bonds. The Kier molecular flexibility index (Phi) is 3.49. The first-order chi connectivity index (χ1) is 7.72. The molecule has 0 saturated carbocycles. The molecule has 0 fully saturated rings. The summed E-state index contributed by atoms with van der Waals surface area (Å²) in [6.07, 6.45) is 0. The minimum atomic E-state index is -0.334. The minimum absolute atomic E-state index is 0.00229. The molecular weight excluding hydrogens is 240 g/mol. The SMILES string of the molecule is CC(C)(C)C1=NC(C(C)(C)C)(C(C)(C)C)NC1=S.